The molecule has 2 rings (SSSR count). The van der Waals surface area contributed by atoms with E-state index in [2.05, 4.69) is 10.1 Å². The number of para-hydroxylation sites is 1. The van der Waals surface area contributed by atoms with Crippen LogP contribution >= 0.6 is 11.6 Å². The molecule has 2 aromatic carbocycles. The first kappa shape index (κ1) is 18.3. The van der Waals surface area contributed by atoms with E-state index in [1.807, 2.05) is 5.32 Å². The van der Waals surface area contributed by atoms with E-state index in [1.54, 1.807) is 0 Å². The van der Waals surface area contributed by atoms with Gasteiger partial charge in [0.15, 0.2) is 0 Å². The van der Waals surface area contributed by atoms with Gasteiger partial charge in [-0.25, -0.2) is 13.6 Å². The number of hydrogen-bond donors (Lipinski definition) is 2. The van der Waals surface area contributed by atoms with E-state index in [-0.39, 0.29) is 16.3 Å². The average Bonchev–Trinajstić information content (AvgIpc) is 2.59. The quantitative estimate of drug-likeness (QED) is 0.644. The molecule has 0 atom stereocenters. The van der Waals surface area contributed by atoms with E-state index >= 15 is 0 Å². The van der Waals surface area contributed by atoms with E-state index in [9.17, 15) is 23.2 Å². The largest absolute Gasteiger partial charge is 0.465 e. The zero-order chi connectivity index (χ0) is 18.6. The van der Waals surface area contributed by atoms with Gasteiger partial charge in [0.2, 0.25) is 0 Å². The molecule has 0 radical (unpaired) electrons. The topological polar surface area (TPSA) is 84.5 Å². The number of benzene rings is 2. The summed E-state index contributed by atoms with van der Waals surface area (Å²) in [5.74, 6) is -5.29. The molecule has 0 bridgehead atoms. The number of amides is 2. The maximum Gasteiger partial charge on any atom is 0.337 e. The molecule has 0 heterocycles. The van der Waals surface area contributed by atoms with Crippen LogP contribution in [0.3, 0.4) is 0 Å². The van der Waals surface area contributed by atoms with Crippen molar-refractivity contribution in [2.24, 2.45) is 0 Å². The van der Waals surface area contributed by atoms with Crippen molar-refractivity contribution in [3.8, 4) is 0 Å². The predicted octanol–water partition coefficient (Wildman–Crippen LogP) is 2.98. The smallest absolute Gasteiger partial charge is 0.337 e. The normalized spacial score (nSPS) is 10.1. The van der Waals surface area contributed by atoms with Gasteiger partial charge in [0.1, 0.15) is 17.3 Å². The van der Waals surface area contributed by atoms with Crippen molar-refractivity contribution in [2.45, 2.75) is 0 Å². The molecule has 0 aliphatic heterocycles. The summed E-state index contributed by atoms with van der Waals surface area (Å²) in [5.41, 5.74) is -0.710. The molecule has 9 heteroatoms. The van der Waals surface area contributed by atoms with Gasteiger partial charge in [0.25, 0.3) is 0 Å². The molecular formula is C16H11ClF2N2O4. The van der Waals surface area contributed by atoms with Crippen LogP contribution in [0.15, 0.2) is 36.4 Å². The lowest BCUT2D eigenvalue weighted by Gasteiger charge is -2.10. The molecule has 2 amide bonds. The van der Waals surface area contributed by atoms with Gasteiger partial charge < -0.3 is 15.4 Å². The van der Waals surface area contributed by atoms with Gasteiger partial charge in [-0.2, -0.15) is 0 Å². The Morgan fingerprint density at radius 2 is 1.60 bits per heavy atom. The third-order valence-corrected chi connectivity index (χ3v) is 3.37. The van der Waals surface area contributed by atoms with Gasteiger partial charge >= 0.3 is 17.8 Å². The van der Waals surface area contributed by atoms with Crippen molar-refractivity contribution in [2.75, 3.05) is 17.7 Å². The van der Waals surface area contributed by atoms with E-state index in [0.717, 1.165) is 18.2 Å². The lowest BCUT2D eigenvalue weighted by atomic mass is 10.2. The van der Waals surface area contributed by atoms with Crippen LogP contribution in [0.2, 0.25) is 5.02 Å². The minimum atomic E-state index is -1.32. The van der Waals surface area contributed by atoms with Crippen LogP contribution in [0.25, 0.3) is 0 Å². The van der Waals surface area contributed by atoms with Crippen LogP contribution in [0.1, 0.15) is 10.4 Å². The summed E-state index contributed by atoms with van der Waals surface area (Å²) >= 11 is 5.88. The minimum Gasteiger partial charge on any atom is -0.465 e. The molecule has 0 spiro atoms. The Kier molecular flexibility index (Phi) is 5.66. The average molecular weight is 369 g/mol. The third kappa shape index (κ3) is 4.30. The molecule has 0 aliphatic rings. The highest BCUT2D eigenvalue weighted by Crippen LogP contribution is 2.24. The number of methoxy groups -OCH3 is 1. The van der Waals surface area contributed by atoms with Crippen molar-refractivity contribution in [3.05, 3.63) is 58.6 Å². The maximum absolute atomic E-state index is 13.5. The fourth-order valence-electron chi connectivity index (χ4n) is 1.83. The van der Waals surface area contributed by atoms with E-state index in [0.29, 0.717) is 0 Å². The lowest BCUT2D eigenvalue weighted by Crippen LogP contribution is -2.30. The second kappa shape index (κ2) is 7.71. The van der Waals surface area contributed by atoms with Crippen molar-refractivity contribution < 1.29 is 27.9 Å². The molecule has 0 saturated carbocycles. The summed E-state index contributed by atoms with van der Waals surface area (Å²) in [6.07, 6.45) is 0. The number of hydrogen-bond acceptors (Lipinski definition) is 4. The summed E-state index contributed by atoms with van der Waals surface area (Å²) in [5, 5.41) is 4.03. The van der Waals surface area contributed by atoms with Crippen LogP contribution in [-0.4, -0.2) is 24.9 Å². The van der Waals surface area contributed by atoms with Crippen LogP contribution in [0.5, 0.6) is 0 Å². The van der Waals surface area contributed by atoms with Gasteiger partial charge in [-0.15, -0.1) is 0 Å². The fraction of sp³-hybridized carbons (Fsp3) is 0.0625. The SMILES string of the molecule is COC(=O)c1ccc(Cl)c(NC(=O)C(=O)Nc2c(F)cccc2F)c1. The number of ether oxygens (including phenoxy) is 1. The highest BCUT2D eigenvalue weighted by atomic mass is 35.5. The van der Waals surface area contributed by atoms with Crippen LogP contribution in [-0.2, 0) is 14.3 Å². The summed E-state index contributed by atoms with van der Waals surface area (Å²) in [7, 11) is 1.17. The molecule has 130 valence electrons. The molecule has 0 aromatic heterocycles. The minimum absolute atomic E-state index is 0.0428. The summed E-state index contributed by atoms with van der Waals surface area (Å²) < 4.78 is 31.5. The molecule has 0 unspecified atom stereocenters. The Hall–Kier alpha value is -3.00. The first-order valence-corrected chi connectivity index (χ1v) is 7.15. The number of nitrogens with one attached hydrogen (secondary N) is 2. The molecule has 2 N–H and O–H groups in total. The van der Waals surface area contributed by atoms with Gasteiger partial charge in [-0.3, -0.25) is 9.59 Å². The van der Waals surface area contributed by atoms with Crippen molar-refractivity contribution in [1.82, 2.24) is 0 Å². The first-order chi connectivity index (χ1) is 11.8. The predicted molar refractivity (Wildman–Crippen MR) is 86.4 cm³/mol. The fourth-order valence-corrected chi connectivity index (χ4v) is 2.00. The monoisotopic (exact) mass is 368 g/mol. The maximum atomic E-state index is 13.5. The lowest BCUT2D eigenvalue weighted by molar-refractivity contribution is -0.133. The Bertz CT molecular complexity index is 838. The summed E-state index contributed by atoms with van der Waals surface area (Å²) in [4.78, 5) is 35.2. The highest BCUT2D eigenvalue weighted by Gasteiger charge is 2.20. The Labute approximate surface area is 145 Å². The van der Waals surface area contributed by atoms with E-state index in [1.165, 1.54) is 25.3 Å². The van der Waals surface area contributed by atoms with Crippen LogP contribution < -0.4 is 10.6 Å². The highest BCUT2D eigenvalue weighted by molar-refractivity contribution is 6.44. The second-order valence-electron chi connectivity index (χ2n) is 4.69. The van der Waals surface area contributed by atoms with Crippen molar-refractivity contribution >= 4 is 40.8 Å². The van der Waals surface area contributed by atoms with Crippen LogP contribution in [0.4, 0.5) is 20.2 Å². The summed E-state index contributed by atoms with van der Waals surface area (Å²) in [6, 6.07) is 6.83. The standard InChI is InChI=1S/C16H11ClF2N2O4/c1-25-16(24)8-5-6-9(17)12(7-8)20-14(22)15(23)21-13-10(18)3-2-4-11(13)19/h2-7H,1H3,(H,20,22)(H,21,23). The molecule has 6 nitrogen and oxygen atoms in total. The van der Waals surface area contributed by atoms with Gasteiger partial charge in [0, 0.05) is 0 Å². The number of anilines is 2. The first-order valence-electron chi connectivity index (χ1n) is 6.77. The number of halogens is 3. The van der Waals surface area contributed by atoms with Crippen LogP contribution in [0, 0.1) is 11.6 Å². The van der Waals surface area contributed by atoms with E-state index in [4.69, 9.17) is 11.6 Å². The second-order valence-corrected chi connectivity index (χ2v) is 5.10. The molecular weight excluding hydrogens is 358 g/mol. The summed E-state index contributed by atoms with van der Waals surface area (Å²) in [6.45, 7) is 0. The Morgan fingerprint density at radius 1 is 1.00 bits per heavy atom. The van der Waals surface area contributed by atoms with Crippen molar-refractivity contribution in [3.63, 3.8) is 0 Å². The molecule has 25 heavy (non-hydrogen) atoms. The van der Waals surface area contributed by atoms with Crippen molar-refractivity contribution in [1.29, 1.82) is 0 Å². The zero-order valence-electron chi connectivity index (χ0n) is 12.7. The zero-order valence-corrected chi connectivity index (χ0v) is 13.5. The van der Waals surface area contributed by atoms with Gasteiger partial charge in [-0.05, 0) is 30.3 Å². The van der Waals surface area contributed by atoms with Gasteiger partial charge in [0.05, 0.1) is 23.4 Å². The Balaban J connectivity index is 2.16. The Morgan fingerprint density at radius 3 is 2.20 bits per heavy atom. The number of carbonyl (C=O) groups is 3. The molecule has 0 fully saturated rings. The third-order valence-electron chi connectivity index (χ3n) is 3.04. The number of esters is 1. The molecule has 0 aliphatic carbocycles. The molecule has 2 aromatic rings. The number of rotatable bonds is 3. The molecule has 0 saturated heterocycles. The number of carbonyl (C=O) groups excluding carboxylic acids is 3. The van der Waals surface area contributed by atoms with Gasteiger partial charge in [-0.1, -0.05) is 17.7 Å². The van der Waals surface area contributed by atoms with E-state index < -0.39 is 35.1 Å².